The Morgan fingerprint density at radius 3 is 2.59 bits per heavy atom. The van der Waals surface area contributed by atoms with Crippen LogP contribution in [0.1, 0.15) is 65.9 Å². The number of carbonyl (C=O) groups is 1. The second kappa shape index (κ2) is 7.04. The zero-order chi connectivity index (χ0) is 21.0. The van der Waals surface area contributed by atoms with Crippen molar-refractivity contribution in [1.29, 1.82) is 0 Å². The molecule has 0 aliphatic heterocycles. The van der Waals surface area contributed by atoms with Gasteiger partial charge >= 0.3 is 0 Å². The van der Waals surface area contributed by atoms with Gasteiger partial charge in [-0.05, 0) is 77.8 Å². The lowest BCUT2D eigenvalue weighted by Gasteiger charge is -2.33. The molecule has 0 saturated heterocycles. The van der Waals surface area contributed by atoms with Gasteiger partial charge in [-0.15, -0.1) is 0 Å². The van der Waals surface area contributed by atoms with Crippen molar-refractivity contribution in [2.45, 2.75) is 60.3 Å². The SMILES string of the molecule is CC(C)(C)CC(=O)C(C)(C)[C@@H]1C[C@@H]2CC(c3ccnc4ccc(F)cc34)=C[C@@H]2C1. The number of halogens is 1. The Morgan fingerprint density at radius 2 is 1.90 bits per heavy atom. The van der Waals surface area contributed by atoms with Gasteiger partial charge in [0.25, 0.3) is 0 Å². The minimum atomic E-state index is -0.266. The number of pyridine rings is 1. The summed E-state index contributed by atoms with van der Waals surface area (Å²) in [6.45, 7) is 10.7. The molecule has 3 heteroatoms. The van der Waals surface area contributed by atoms with E-state index < -0.39 is 0 Å². The van der Waals surface area contributed by atoms with E-state index in [0.29, 0.717) is 30.0 Å². The molecule has 2 nitrogen and oxygen atoms in total. The van der Waals surface area contributed by atoms with E-state index in [4.69, 9.17) is 0 Å². The van der Waals surface area contributed by atoms with E-state index in [1.165, 1.54) is 11.6 Å². The molecule has 1 saturated carbocycles. The van der Waals surface area contributed by atoms with Crippen molar-refractivity contribution < 1.29 is 9.18 Å². The van der Waals surface area contributed by atoms with E-state index in [9.17, 15) is 9.18 Å². The van der Waals surface area contributed by atoms with Crippen LogP contribution in [0.25, 0.3) is 16.5 Å². The van der Waals surface area contributed by atoms with E-state index in [-0.39, 0.29) is 16.6 Å². The molecule has 3 atom stereocenters. The van der Waals surface area contributed by atoms with Gasteiger partial charge in [0, 0.05) is 23.4 Å². The van der Waals surface area contributed by atoms with E-state index in [1.54, 1.807) is 12.1 Å². The second-order valence-electron chi connectivity index (χ2n) is 10.9. The van der Waals surface area contributed by atoms with Crippen molar-refractivity contribution in [2.75, 3.05) is 0 Å². The molecule has 0 radical (unpaired) electrons. The summed E-state index contributed by atoms with van der Waals surface area (Å²) < 4.78 is 13.8. The van der Waals surface area contributed by atoms with Crippen LogP contribution in [0.5, 0.6) is 0 Å². The topological polar surface area (TPSA) is 30.0 Å². The number of hydrogen-bond acceptors (Lipinski definition) is 2. The highest BCUT2D eigenvalue weighted by atomic mass is 19.1. The van der Waals surface area contributed by atoms with Crippen LogP contribution in [0.2, 0.25) is 0 Å². The molecule has 2 aliphatic carbocycles. The molecule has 1 aromatic heterocycles. The van der Waals surface area contributed by atoms with Crippen LogP contribution in [0.3, 0.4) is 0 Å². The predicted molar refractivity (Wildman–Crippen MR) is 117 cm³/mol. The number of aromatic nitrogens is 1. The molecule has 29 heavy (non-hydrogen) atoms. The van der Waals surface area contributed by atoms with Crippen molar-refractivity contribution in [3.63, 3.8) is 0 Å². The van der Waals surface area contributed by atoms with Gasteiger partial charge in [-0.3, -0.25) is 9.78 Å². The normalized spacial score (nSPS) is 24.6. The van der Waals surface area contributed by atoms with Crippen molar-refractivity contribution in [3.8, 4) is 0 Å². The van der Waals surface area contributed by atoms with Gasteiger partial charge in [0.2, 0.25) is 0 Å². The Balaban J connectivity index is 1.55. The molecule has 4 rings (SSSR count). The van der Waals surface area contributed by atoms with E-state index in [0.717, 1.165) is 35.7 Å². The lowest BCUT2D eigenvalue weighted by Crippen LogP contribution is -2.34. The quantitative estimate of drug-likeness (QED) is 0.569. The fraction of sp³-hybridized carbons (Fsp3) is 0.538. The number of rotatable bonds is 4. The summed E-state index contributed by atoms with van der Waals surface area (Å²) in [5, 5.41) is 0.899. The Labute approximate surface area is 173 Å². The summed E-state index contributed by atoms with van der Waals surface area (Å²) in [6.07, 6.45) is 8.05. The zero-order valence-corrected chi connectivity index (χ0v) is 18.3. The fourth-order valence-electron chi connectivity index (χ4n) is 5.33. The van der Waals surface area contributed by atoms with Crippen LogP contribution in [0.15, 0.2) is 36.5 Å². The molecule has 0 unspecified atom stereocenters. The molecular weight excluding hydrogens is 361 g/mol. The third-order valence-electron chi connectivity index (χ3n) is 7.13. The van der Waals surface area contributed by atoms with Crippen LogP contribution in [0.4, 0.5) is 4.39 Å². The average Bonchev–Trinajstić information content (AvgIpc) is 3.19. The van der Waals surface area contributed by atoms with Crippen LogP contribution in [-0.2, 0) is 4.79 Å². The van der Waals surface area contributed by atoms with Crippen molar-refractivity contribution >= 4 is 22.3 Å². The summed E-state index contributed by atoms with van der Waals surface area (Å²) in [5.41, 5.74) is 3.04. The Kier molecular flexibility index (Phi) is 4.91. The first kappa shape index (κ1) is 20.3. The number of nitrogens with zero attached hydrogens (tertiary/aromatic N) is 1. The average molecular weight is 394 g/mol. The Morgan fingerprint density at radius 1 is 1.14 bits per heavy atom. The van der Waals surface area contributed by atoms with Crippen molar-refractivity contribution in [2.24, 2.45) is 28.6 Å². The number of fused-ring (bicyclic) bond motifs is 2. The molecule has 1 aromatic carbocycles. The number of Topliss-reactive ketones (excluding diaryl/α,β-unsaturated/α-hetero) is 1. The molecule has 0 spiro atoms. The number of hydrogen-bond donors (Lipinski definition) is 0. The summed E-state index contributed by atoms with van der Waals surface area (Å²) in [4.78, 5) is 17.4. The van der Waals surface area contributed by atoms with Gasteiger partial charge in [-0.2, -0.15) is 0 Å². The molecule has 2 aromatic rings. The number of ketones is 1. The molecule has 2 aliphatic rings. The number of carbonyl (C=O) groups excluding carboxylic acids is 1. The summed E-state index contributed by atoms with van der Waals surface area (Å²) >= 11 is 0. The Bertz CT molecular complexity index is 982. The number of allylic oxidation sites excluding steroid dienone is 2. The van der Waals surface area contributed by atoms with Gasteiger partial charge in [0.15, 0.2) is 0 Å². The maximum absolute atomic E-state index is 13.8. The minimum absolute atomic E-state index is 0.0353. The highest BCUT2D eigenvalue weighted by molar-refractivity contribution is 5.92. The third kappa shape index (κ3) is 3.89. The second-order valence-corrected chi connectivity index (χ2v) is 10.9. The largest absolute Gasteiger partial charge is 0.299 e. The third-order valence-corrected chi connectivity index (χ3v) is 7.13. The lowest BCUT2D eigenvalue weighted by atomic mass is 9.70. The molecule has 0 bridgehead atoms. The summed E-state index contributed by atoms with van der Waals surface area (Å²) in [7, 11) is 0. The molecule has 1 fully saturated rings. The van der Waals surface area contributed by atoms with Crippen LogP contribution >= 0.6 is 0 Å². The van der Waals surface area contributed by atoms with E-state index >= 15 is 0 Å². The van der Waals surface area contributed by atoms with Crippen molar-refractivity contribution in [1.82, 2.24) is 4.98 Å². The van der Waals surface area contributed by atoms with Gasteiger partial charge in [0.05, 0.1) is 5.52 Å². The summed E-state index contributed by atoms with van der Waals surface area (Å²) in [6, 6.07) is 6.84. The van der Waals surface area contributed by atoms with Gasteiger partial charge in [-0.1, -0.05) is 40.7 Å². The maximum Gasteiger partial charge on any atom is 0.139 e. The zero-order valence-electron chi connectivity index (χ0n) is 18.3. The van der Waals surface area contributed by atoms with Gasteiger partial charge in [0.1, 0.15) is 11.6 Å². The maximum atomic E-state index is 13.8. The molecule has 1 heterocycles. The van der Waals surface area contributed by atoms with Gasteiger partial charge < -0.3 is 0 Å². The van der Waals surface area contributed by atoms with Crippen LogP contribution in [0, 0.1) is 34.4 Å². The first-order valence-corrected chi connectivity index (χ1v) is 10.8. The molecule has 0 amide bonds. The predicted octanol–water partition coefficient (Wildman–Crippen LogP) is 6.83. The molecular formula is C26H32FNO. The Hall–Kier alpha value is -2.03. The van der Waals surface area contributed by atoms with Crippen molar-refractivity contribution in [3.05, 3.63) is 47.9 Å². The monoisotopic (exact) mass is 393 g/mol. The van der Waals surface area contributed by atoms with E-state index in [2.05, 4.69) is 45.7 Å². The van der Waals surface area contributed by atoms with Gasteiger partial charge in [-0.25, -0.2) is 4.39 Å². The summed E-state index contributed by atoms with van der Waals surface area (Å²) in [5.74, 6) is 1.73. The standard InChI is InChI=1S/C26H32FNO/c1-25(2,3)15-24(29)26(4,5)19-12-16-10-18(11-17(16)13-19)21-8-9-28-23-7-6-20(27)14-22(21)23/h6-10,14,16-17,19H,11-13,15H2,1-5H3/t16-,17+,19+/m1/s1. The molecule has 154 valence electrons. The van der Waals surface area contributed by atoms with Crippen LogP contribution < -0.4 is 0 Å². The van der Waals surface area contributed by atoms with Crippen LogP contribution in [-0.4, -0.2) is 10.8 Å². The number of benzene rings is 1. The first-order valence-electron chi connectivity index (χ1n) is 10.8. The minimum Gasteiger partial charge on any atom is -0.299 e. The highest BCUT2D eigenvalue weighted by Gasteiger charge is 2.46. The lowest BCUT2D eigenvalue weighted by molar-refractivity contribution is -0.131. The first-order chi connectivity index (χ1) is 13.5. The fourth-order valence-corrected chi connectivity index (χ4v) is 5.33. The smallest absolute Gasteiger partial charge is 0.139 e. The molecule has 0 N–H and O–H groups in total. The van der Waals surface area contributed by atoms with E-state index in [1.807, 2.05) is 12.3 Å². The highest BCUT2D eigenvalue weighted by Crippen LogP contribution is 2.54.